The van der Waals surface area contributed by atoms with E-state index in [1.165, 1.54) is 36.5 Å². The molecule has 0 atom stereocenters. The number of carbonyl (C=O) groups excluding carboxylic acids is 1. The fourth-order valence-corrected chi connectivity index (χ4v) is 2.69. The quantitative estimate of drug-likeness (QED) is 0.446. The van der Waals surface area contributed by atoms with Crippen LogP contribution in [0.4, 0.5) is 39.1 Å². The van der Waals surface area contributed by atoms with Crippen LogP contribution in [0.2, 0.25) is 0 Å². The molecule has 0 bridgehead atoms. The molecule has 0 saturated heterocycles. The minimum absolute atomic E-state index is 0.0389. The van der Waals surface area contributed by atoms with E-state index >= 15 is 0 Å². The summed E-state index contributed by atoms with van der Waals surface area (Å²) in [6.45, 7) is -0.280. The monoisotopic (exact) mass is 407 g/mol. The van der Waals surface area contributed by atoms with E-state index < -0.39 is 23.4 Å². The summed E-state index contributed by atoms with van der Waals surface area (Å²) in [5.41, 5.74) is -1.07. The summed E-state index contributed by atoms with van der Waals surface area (Å²) in [7, 11) is 0. The standard InChI is InChI=1S/C20H14F5N3O/c21-16-6-2-7-17(22)15(16)11-27-19-18(8-3-9-26-19)28(12-29)14-5-1-4-13(10-14)20(23,24)25/h1-10,12H,11H2,(H,26,27). The molecule has 2 aromatic carbocycles. The normalized spacial score (nSPS) is 11.2. The second-order valence-electron chi connectivity index (χ2n) is 5.95. The molecule has 0 aliphatic carbocycles. The molecule has 1 aromatic heterocycles. The SMILES string of the molecule is O=CN(c1cccc(C(F)(F)F)c1)c1cccnc1NCc1c(F)cccc1F. The van der Waals surface area contributed by atoms with E-state index in [1.54, 1.807) is 0 Å². The predicted molar refractivity (Wildman–Crippen MR) is 97.6 cm³/mol. The van der Waals surface area contributed by atoms with Crippen molar-refractivity contribution in [1.29, 1.82) is 0 Å². The number of benzene rings is 2. The van der Waals surface area contributed by atoms with Gasteiger partial charge in [0.25, 0.3) is 0 Å². The smallest absolute Gasteiger partial charge is 0.364 e. The van der Waals surface area contributed by atoms with E-state index in [2.05, 4.69) is 10.3 Å². The van der Waals surface area contributed by atoms with Crippen LogP contribution in [-0.2, 0) is 17.5 Å². The van der Waals surface area contributed by atoms with Gasteiger partial charge in [0.15, 0.2) is 5.82 Å². The van der Waals surface area contributed by atoms with Crippen LogP contribution in [0.5, 0.6) is 0 Å². The number of hydrogen-bond donors (Lipinski definition) is 1. The van der Waals surface area contributed by atoms with Crippen molar-refractivity contribution < 1.29 is 26.7 Å². The summed E-state index contributed by atoms with van der Waals surface area (Å²) in [6.07, 6.45) is -2.87. The number of amides is 1. The molecule has 9 heteroatoms. The first-order valence-corrected chi connectivity index (χ1v) is 8.35. The van der Waals surface area contributed by atoms with E-state index in [4.69, 9.17) is 0 Å². The number of nitrogens with zero attached hydrogens (tertiary/aromatic N) is 2. The number of carbonyl (C=O) groups is 1. The number of rotatable bonds is 6. The molecule has 3 aromatic rings. The van der Waals surface area contributed by atoms with Gasteiger partial charge in [0.1, 0.15) is 11.6 Å². The molecule has 0 saturated carbocycles. The van der Waals surface area contributed by atoms with Crippen LogP contribution in [0, 0.1) is 11.6 Å². The lowest BCUT2D eigenvalue weighted by molar-refractivity contribution is -0.137. The number of aromatic nitrogens is 1. The van der Waals surface area contributed by atoms with Gasteiger partial charge in [0.05, 0.1) is 11.3 Å². The Balaban J connectivity index is 1.94. The van der Waals surface area contributed by atoms with Gasteiger partial charge in [-0.3, -0.25) is 9.69 Å². The Morgan fingerprint density at radius 3 is 2.34 bits per heavy atom. The molecule has 1 amide bonds. The van der Waals surface area contributed by atoms with Crippen molar-refractivity contribution in [1.82, 2.24) is 4.98 Å². The third kappa shape index (κ3) is 4.50. The zero-order valence-corrected chi connectivity index (χ0v) is 14.8. The molecule has 0 spiro atoms. The van der Waals surface area contributed by atoms with Gasteiger partial charge in [-0.05, 0) is 42.5 Å². The molecule has 150 valence electrons. The first kappa shape index (κ1) is 20.2. The Hall–Kier alpha value is -3.49. The van der Waals surface area contributed by atoms with Crippen molar-refractivity contribution in [2.24, 2.45) is 0 Å². The summed E-state index contributed by atoms with van der Waals surface area (Å²) >= 11 is 0. The molecular formula is C20H14F5N3O. The first-order chi connectivity index (χ1) is 13.8. The molecule has 1 heterocycles. The largest absolute Gasteiger partial charge is 0.416 e. The third-order valence-corrected chi connectivity index (χ3v) is 4.10. The molecule has 0 fully saturated rings. The van der Waals surface area contributed by atoms with Gasteiger partial charge in [-0.2, -0.15) is 13.2 Å². The van der Waals surface area contributed by atoms with E-state index in [0.717, 1.165) is 29.2 Å². The van der Waals surface area contributed by atoms with Crippen molar-refractivity contribution in [2.45, 2.75) is 12.7 Å². The van der Waals surface area contributed by atoms with Crippen molar-refractivity contribution in [2.75, 3.05) is 10.2 Å². The zero-order valence-electron chi connectivity index (χ0n) is 14.8. The minimum Gasteiger partial charge on any atom is -0.364 e. The number of halogens is 5. The maximum absolute atomic E-state index is 13.8. The molecule has 0 aliphatic heterocycles. The van der Waals surface area contributed by atoms with Crippen LogP contribution in [-0.4, -0.2) is 11.4 Å². The van der Waals surface area contributed by atoms with Gasteiger partial charge in [0, 0.05) is 24.0 Å². The van der Waals surface area contributed by atoms with Crippen molar-refractivity contribution >= 4 is 23.6 Å². The molecule has 0 radical (unpaired) electrons. The summed E-state index contributed by atoms with van der Waals surface area (Å²) in [5.74, 6) is -1.46. The Morgan fingerprint density at radius 2 is 1.69 bits per heavy atom. The van der Waals surface area contributed by atoms with Gasteiger partial charge in [0.2, 0.25) is 6.41 Å². The van der Waals surface area contributed by atoms with Crippen LogP contribution >= 0.6 is 0 Å². The van der Waals surface area contributed by atoms with Crippen molar-refractivity contribution in [3.63, 3.8) is 0 Å². The molecule has 4 nitrogen and oxygen atoms in total. The van der Waals surface area contributed by atoms with Crippen LogP contribution in [0.3, 0.4) is 0 Å². The average Bonchev–Trinajstić information content (AvgIpc) is 2.69. The number of nitrogens with one attached hydrogen (secondary N) is 1. The number of pyridine rings is 1. The summed E-state index contributed by atoms with van der Waals surface area (Å²) in [6, 6.07) is 10.6. The van der Waals surface area contributed by atoms with Crippen LogP contribution < -0.4 is 10.2 Å². The van der Waals surface area contributed by atoms with E-state index in [-0.39, 0.29) is 29.3 Å². The van der Waals surface area contributed by atoms with Gasteiger partial charge in [-0.1, -0.05) is 12.1 Å². The molecule has 0 aliphatic rings. The van der Waals surface area contributed by atoms with E-state index in [9.17, 15) is 26.7 Å². The lowest BCUT2D eigenvalue weighted by Crippen LogP contribution is -2.18. The van der Waals surface area contributed by atoms with Crippen LogP contribution in [0.25, 0.3) is 0 Å². The maximum atomic E-state index is 13.8. The molecule has 29 heavy (non-hydrogen) atoms. The highest BCUT2D eigenvalue weighted by Gasteiger charge is 2.31. The van der Waals surface area contributed by atoms with Crippen LogP contribution in [0.1, 0.15) is 11.1 Å². The highest BCUT2D eigenvalue weighted by Crippen LogP contribution is 2.35. The number of anilines is 3. The van der Waals surface area contributed by atoms with E-state index in [1.807, 2.05) is 0 Å². The fourth-order valence-electron chi connectivity index (χ4n) is 2.69. The molecule has 0 unspecified atom stereocenters. The predicted octanol–water partition coefficient (Wildman–Crippen LogP) is 5.29. The fraction of sp³-hybridized carbons (Fsp3) is 0.100. The minimum atomic E-state index is -4.58. The molecule has 3 rings (SSSR count). The van der Waals surface area contributed by atoms with E-state index in [0.29, 0.717) is 6.41 Å². The number of alkyl halides is 3. The topological polar surface area (TPSA) is 45.2 Å². The van der Waals surface area contributed by atoms with Crippen LogP contribution in [0.15, 0.2) is 60.8 Å². The Bertz CT molecular complexity index is 1000. The van der Waals surface area contributed by atoms with Gasteiger partial charge in [-0.25, -0.2) is 13.8 Å². The Labute approximate surface area is 162 Å². The average molecular weight is 407 g/mol. The van der Waals surface area contributed by atoms with Gasteiger partial charge in [-0.15, -0.1) is 0 Å². The van der Waals surface area contributed by atoms with Crippen molar-refractivity contribution in [3.8, 4) is 0 Å². The number of hydrogen-bond acceptors (Lipinski definition) is 3. The maximum Gasteiger partial charge on any atom is 0.416 e. The zero-order chi connectivity index (χ0) is 21.0. The van der Waals surface area contributed by atoms with Crippen molar-refractivity contribution in [3.05, 3.63) is 83.6 Å². The lowest BCUT2D eigenvalue weighted by atomic mass is 10.1. The lowest BCUT2D eigenvalue weighted by Gasteiger charge is -2.21. The second kappa shape index (κ2) is 8.26. The highest BCUT2D eigenvalue weighted by molar-refractivity contribution is 5.90. The summed E-state index contributed by atoms with van der Waals surface area (Å²) in [4.78, 5) is 16.7. The summed E-state index contributed by atoms with van der Waals surface area (Å²) < 4.78 is 66.6. The second-order valence-corrected chi connectivity index (χ2v) is 5.95. The molecule has 1 N–H and O–H groups in total. The van der Waals surface area contributed by atoms with Gasteiger partial charge < -0.3 is 5.32 Å². The Morgan fingerprint density at radius 1 is 1.00 bits per heavy atom. The highest BCUT2D eigenvalue weighted by atomic mass is 19.4. The summed E-state index contributed by atoms with van der Waals surface area (Å²) in [5, 5.41) is 2.73. The van der Waals surface area contributed by atoms with Gasteiger partial charge >= 0.3 is 6.18 Å². The Kier molecular flexibility index (Phi) is 5.76. The third-order valence-electron chi connectivity index (χ3n) is 4.10. The first-order valence-electron chi connectivity index (χ1n) is 8.35. The molecular weight excluding hydrogens is 393 g/mol.